The normalized spacial score (nSPS) is 29.2. The van der Waals surface area contributed by atoms with E-state index in [9.17, 15) is 0 Å². The molecule has 1 fully saturated rings. The summed E-state index contributed by atoms with van der Waals surface area (Å²) in [5.41, 5.74) is 0.681. The van der Waals surface area contributed by atoms with Gasteiger partial charge in [-0.15, -0.1) is 0 Å². The average Bonchev–Trinajstić information content (AvgIpc) is 1.83. The molecule has 0 aromatic rings. The number of rotatable bonds is 2. The highest BCUT2D eigenvalue weighted by Gasteiger charge is 2.48. The molecule has 1 aliphatic rings. The average molecular weight is 154 g/mol. The Bertz CT molecular complexity index is 116. The summed E-state index contributed by atoms with van der Waals surface area (Å²) in [7, 11) is 0. The van der Waals surface area contributed by atoms with Gasteiger partial charge in [0.1, 0.15) is 0 Å². The lowest BCUT2D eigenvalue weighted by Gasteiger charge is -2.54. The van der Waals surface area contributed by atoms with Crippen LogP contribution in [0.25, 0.3) is 0 Å². The summed E-state index contributed by atoms with van der Waals surface area (Å²) < 4.78 is 0. The van der Waals surface area contributed by atoms with E-state index < -0.39 is 0 Å². The molecule has 0 nitrogen and oxygen atoms in total. The van der Waals surface area contributed by atoms with Gasteiger partial charge in [0, 0.05) is 0 Å². The smallest absolute Gasteiger partial charge is 0.0226 e. The first-order valence-corrected chi connectivity index (χ1v) is 5.01. The van der Waals surface area contributed by atoms with E-state index in [2.05, 4.69) is 34.6 Å². The minimum absolute atomic E-state index is 0.681. The first-order chi connectivity index (χ1) is 5.01. The zero-order chi connectivity index (χ0) is 8.65. The van der Waals surface area contributed by atoms with Gasteiger partial charge in [-0.1, -0.05) is 34.6 Å². The third-order valence-electron chi connectivity index (χ3n) is 4.08. The first-order valence-electron chi connectivity index (χ1n) is 5.01. The Labute approximate surface area is 71.4 Å². The predicted molar refractivity (Wildman–Crippen MR) is 50.5 cm³/mol. The molecule has 66 valence electrons. The highest BCUT2D eigenvalue weighted by atomic mass is 14.5. The molecule has 0 amide bonds. The van der Waals surface area contributed by atoms with Gasteiger partial charge in [0.25, 0.3) is 0 Å². The third-order valence-corrected chi connectivity index (χ3v) is 4.08. The Morgan fingerprint density at radius 3 is 1.55 bits per heavy atom. The summed E-state index contributed by atoms with van der Waals surface area (Å²) in [5, 5.41) is 0. The van der Waals surface area contributed by atoms with Gasteiger partial charge < -0.3 is 0 Å². The van der Waals surface area contributed by atoms with E-state index in [4.69, 9.17) is 0 Å². The van der Waals surface area contributed by atoms with Crippen LogP contribution in [0.15, 0.2) is 0 Å². The van der Waals surface area contributed by atoms with Crippen molar-refractivity contribution < 1.29 is 0 Å². The van der Waals surface area contributed by atoms with Crippen LogP contribution in [0.3, 0.4) is 0 Å². The molecule has 0 aliphatic heterocycles. The zero-order valence-corrected chi connectivity index (χ0v) is 8.65. The number of hydrogen-bond donors (Lipinski definition) is 0. The van der Waals surface area contributed by atoms with Gasteiger partial charge in [-0.25, -0.2) is 0 Å². The number of hydrogen-bond acceptors (Lipinski definition) is 0. The molecule has 1 aliphatic carbocycles. The van der Waals surface area contributed by atoms with Crippen molar-refractivity contribution >= 4 is 0 Å². The molecule has 1 rings (SSSR count). The van der Waals surface area contributed by atoms with Gasteiger partial charge in [-0.2, -0.15) is 0 Å². The Morgan fingerprint density at radius 2 is 1.55 bits per heavy atom. The Kier molecular flexibility index (Phi) is 2.32. The maximum atomic E-state index is 2.42. The summed E-state index contributed by atoms with van der Waals surface area (Å²) in [6, 6.07) is 0. The molecular weight excluding hydrogens is 132 g/mol. The quantitative estimate of drug-likeness (QED) is 0.568. The highest BCUT2D eigenvalue weighted by molar-refractivity contribution is 4.97. The van der Waals surface area contributed by atoms with E-state index in [0.29, 0.717) is 5.41 Å². The minimum atomic E-state index is 0.681. The van der Waals surface area contributed by atoms with Crippen molar-refractivity contribution in [3.8, 4) is 0 Å². The first kappa shape index (κ1) is 9.09. The molecular formula is C11H22. The molecule has 0 heteroatoms. The molecule has 0 aromatic heterocycles. The monoisotopic (exact) mass is 154 g/mol. The Balaban J connectivity index is 2.73. The van der Waals surface area contributed by atoms with Crippen LogP contribution in [0.2, 0.25) is 0 Å². The zero-order valence-electron chi connectivity index (χ0n) is 8.65. The summed E-state index contributed by atoms with van der Waals surface area (Å²) in [6.07, 6.45) is 2.92. The van der Waals surface area contributed by atoms with Gasteiger partial charge in [0.05, 0.1) is 0 Å². The van der Waals surface area contributed by atoms with Gasteiger partial charge >= 0.3 is 0 Å². The highest BCUT2D eigenvalue weighted by Crippen LogP contribution is 2.56. The van der Waals surface area contributed by atoms with Gasteiger partial charge in [-0.3, -0.25) is 0 Å². The van der Waals surface area contributed by atoms with Crippen LogP contribution >= 0.6 is 0 Å². The van der Waals surface area contributed by atoms with E-state index in [1.807, 2.05) is 0 Å². The predicted octanol–water partition coefficient (Wildman–Crippen LogP) is 3.71. The standard InChI is InChI=1S/C11H22/c1-8(2)11(9(3)4)7-6-10(11)5/h8-10H,6-7H2,1-5H3. The van der Waals surface area contributed by atoms with Crippen molar-refractivity contribution in [1.82, 2.24) is 0 Å². The molecule has 0 saturated heterocycles. The molecule has 11 heavy (non-hydrogen) atoms. The Morgan fingerprint density at radius 1 is 1.09 bits per heavy atom. The molecule has 1 saturated carbocycles. The molecule has 0 aromatic carbocycles. The van der Waals surface area contributed by atoms with Crippen molar-refractivity contribution in [1.29, 1.82) is 0 Å². The van der Waals surface area contributed by atoms with E-state index in [-0.39, 0.29) is 0 Å². The van der Waals surface area contributed by atoms with Crippen LogP contribution in [-0.2, 0) is 0 Å². The topological polar surface area (TPSA) is 0 Å². The van der Waals surface area contributed by atoms with Gasteiger partial charge in [-0.05, 0) is 36.0 Å². The van der Waals surface area contributed by atoms with Crippen LogP contribution in [0.5, 0.6) is 0 Å². The maximum absolute atomic E-state index is 2.42. The lowest BCUT2D eigenvalue weighted by molar-refractivity contribution is -0.0527. The minimum Gasteiger partial charge on any atom is -0.0622 e. The van der Waals surface area contributed by atoms with Crippen molar-refractivity contribution in [3.63, 3.8) is 0 Å². The van der Waals surface area contributed by atoms with Crippen molar-refractivity contribution in [2.75, 3.05) is 0 Å². The molecule has 0 N–H and O–H groups in total. The fourth-order valence-electron chi connectivity index (χ4n) is 3.15. The fraction of sp³-hybridized carbons (Fsp3) is 1.00. The Hall–Kier alpha value is 0. The molecule has 1 unspecified atom stereocenters. The lowest BCUT2D eigenvalue weighted by atomic mass is 9.50. The molecule has 0 spiro atoms. The second-order valence-electron chi connectivity index (χ2n) is 4.86. The van der Waals surface area contributed by atoms with Crippen LogP contribution in [-0.4, -0.2) is 0 Å². The van der Waals surface area contributed by atoms with Crippen molar-refractivity contribution in [2.45, 2.75) is 47.5 Å². The van der Waals surface area contributed by atoms with Gasteiger partial charge in [0.2, 0.25) is 0 Å². The summed E-state index contributed by atoms with van der Waals surface area (Å²) in [6.45, 7) is 12.0. The molecule has 0 heterocycles. The van der Waals surface area contributed by atoms with Crippen molar-refractivity contribution in [3.05, 3.63) is 0 Å². The van der Waals surface area contributed by atoms with Crippen molar-refractivity contribution in [2.24, 2.45) is 23.2 Å². The van der Waals surface area contributed by atoms with E-state index in [1.54, 1.807) is 0 Å². The second-order valence-corrected chi connectivity index (χ2v) is 4.86. The van der Waals surface area contributed by atoms with Crippen LogP contribution in [0.4, 0.5) is 0 Å². The van der Waals surface area contributed by atoms with E-state index in [0.717, 1.165) is 17.8 Å². The summed E-state index contributed by atoms with van der Waals surface area (Å²) in [4.78, 5) is 0. The van der Waals surface area contributed by atoms with Crippen LogP contribution in [0, 0.1) is 23.2 Å². The SMILES string of the molecule is CC(C)C1(C(C)C)CCC1C. The van der Waals surface area contributed by atoms with E-state index >= 15 is 0 Å². The van der Waals surface area contributed by atoms with E-state index in [1.165, 1.54) is 12.8 Å². The second kappa shape index (κ2) is 2.80. The molecule has 1 atom stereocenters. The molecule has 0 radical (unpaired) electrons. The van der Waals surface area contributed by atoms with Gasteiger partial charge in [0.15, 0.2) is 0 Å². The summed E-state index contributed by atoms with van der Waals surface area (Å²) in [5.74, 6) is 2.69. The molecule has 0 bridgehead atoms. The lowest BCUT2D eigenvalue weighted by Crippen LogP contribution is -2.46. The fourth-order valence-corrected chi connectivity index (χ4v) is 3.15. The van der Waals surface area contributed by atoms with Crippen LogP contribution < -0.4 is 0 Å². The largest absolute Gasteiger partial charge is 0.0622 e. The summed E-state index contributed by atoms with van der Waals surface area (Å²) >= 11 is 0. The third kappa shape index (κ3) is 1.11. The maximum Gasteiger partial charge on any atom is -0.0226 e. The van der Waals surface area contributed by atoms with Crippen LogP contribution in [0.1, 0.15) is 47.5 Å².